The van der Waals surface area contributed by atoms with Crippen LogP contribution in [0.2, 0.25) is 0 Å². The number of rotatable bonds is 4. The van der Waals surface area contributed by atoms with Gasteiger partial charge in [0.2, 0.25) is 0 Å². The normalized spacial score (nSPS) is 10.5. The van der Waals surface area contributed by atoms with E-state index in [1.54, 1.807) is 12.1 Å². The summed E-state index contributed by atoms with van der Waals surface area (Å²) in [6.07, 6.45) is 0. The van der Waals surface area contributed by atoms with Crippen molar-refractivity contribution in [2.24, 2.45) is 0 Å². The first kappa shape index (κ1) is 14.6. The Hall–Kier alpha value is -3.28. The maximum absolute atomic E-state index is 12.3. The summed E-state index contributed by atoms with van der Waals surface area (Å²) >= 11 is 0. The number of amides is 1. The molecule has 2 N–H and O–H groups in total. The van der Waals surface area contributed by atoms with Crippen molar-refractivity contribution in [2.75, 3.05) is 12.4 Å². The van der Waals surface area contributed by atoms with E-state index in [0.29, 0.717) is 11.3 Å². The minimum absolute atomic E-state index is 0.0470. The van der Waals surface area contributed by atoms with Crippen molar-refractivity contribution in [1.82, 2.24) is 0 Å². The van der Waals surface area contributed by atoms with Crippen LogP contribution in [0.25, 0.3) is 11.0 Å². The minimum Gasteiger partial charge on any atom is -0.495 e. The predicted octanol–water partition coefficient (Wildman–Crippen LogP) is 3.39. The molecule has 0 fully saturated rings. The van der Waals surface area contributed by atoms with Gasteiger partial charge in [-0.25, -0.2) is 4.79 Å². The number of para-hydroxylation sites is 1. The second-order valence-corrected chi connectivity index (χ2v) is 4.82. The first-order valence-corrected chi connectivity index (χ1v) is 6.80. The van der Waals surface area contributed by atoms with Crippen LogP contribution in [0.15, 0.2) is 52.9 Å². The van der Waals surface area contributed by atoms with E-state index in [9.17, 15) is 9.59 Å². The second-order valence-electron chi connectivity index (χ2n) is 4.82. The number of carbonyl (C=O) groups is 2. The lowest BCUT2D eigenvalue weighted by atomic mass is 10.2. The summed E-state index contributed by atoms with van der Waals surface area (Å²) in [6.45, 7) is 0. The summed E-state index contributed by atoms with van der Waals surface area (Å²) < 4.78 is 10.6. The average molecular weight is 311 g/mol. The molecule has 0 saturated carbocycles. The SMILES string of the molecule is COc1ccc(C(=O)O)cc1NC(=O)c1cc2ccccc2o1. The van der Waals surface area contributed by atoms with Gasteiger partial charge in [-0.2, -0.15) is 0 Å². The molecule has 3 rings (SSSR count). The molecular weight excluding hydrogens is 298 g/mol. The molecule has 0 aliphatic carbocycles. The van der Waals surface area contributed by atoms with Crippen LogP contribution in [0.3, 0.4) is 0 Å². The molecule has 23 heavy (non-hydrogen) atoms. The topological polar surface area (TPSA) is 88.8 Å². The summed E-state index contributed by atoms with van der Waals surface area (Å²) in [5, 5.41) is 12.5. The highest BCUT2D eigenvalue weighted by Gasteiger charge is 2.16. The van der Waals surface area contributed by atoms with Crippen molar-refractivity contribution < 1.29 is 23.8 Å². The van der Waals surface area contributed by atoms with Gasteiger partial charge >= 0.3 is 5.97 Å². The molecule has 0 saturated heterocycles. The lowest BCUT2D eigenvalue weighted by Crippen LogP contribution is -2.12. The number of carbonyl (C=O) groups excluding carboxylic acids is 1. The smallest absolute Gasteiger partial charge is 0.335 e. The van der Waals surface area contributed by atoms with Crippen molar-refractivity contribution in [3.05, 3.63) is 59.9 Å². The highest BCUT2D eigenvalue weighted by Crippen LogP contribution is 2.27. The number of aromatic carboxylic acids is 1. The first-order chi connectivity index (χ1) is 11.1. The summed E-state index contributed by atoms with van der Waals surface area (Å²) in [5.74, 6) is -1.08. The Morgan fingerprint density at radius 2 is 1.91 bits per heavy atom. The number of hydrogen-bond donors (Lipinski definition) is 2. The number of methoxy groups -OCH3 is 1. The predicted molar refractivity (Wildman–Crippen MR) is 84.1 cm³/mol. The quantitative estimate of drug-likeness (QED) is 0.771. The molecular formula is C17H13NO5. The van der Waals surface area contributed by atoms with E-state index in [1.165, 1.54) is 25.3 Å². The van der Waals surface area contributed by atoms with E-state index in [1.807, 2.05) is 18.2 Å². The Morgan fingerprint density at radius 1 is 1.13 bits per heavy atom. The molecule has 3 aromatic rings. The van der Waals surface area contributed by atoms with Gasteiger partial charge in [0.1, 0.15) is 11.3 Å². The molecule has 1 aromatic heterocycles. The number of fused-ring (bicyclic) bond motifs is 1. The molecule has 0 aliphatic heterocycles. The Balaban J connectivity index is 1.92. The Labute approximate surface area is 131 Å². The Morgan fingerprint density at radius 3 is 2.61 bits per heavy atom. The molecule has 0 radical (unpaired) electrons. The van der Waals surface area contributed by atoms with Crippen LogP contribution in [0, 0.1) is 0 Å². The van der Waals surface area contributed by atoms with Gasteiger partial charge < -0.3 is 19.6 Å². The molecule has 1 amide bonds. The standard InChI is InChI=1S/C17H13NO5/c1-22-14-7-6-11(17(20)21)8-12(14)18-16(19)15-9-10-4-2-3-5-13(10)23-15/h2-9H,1H3,(H,18,19)(H,20,21). The second kappa shape index (κ2) is 5.84. The molecule has 116 valence electrons. The van der Waals surface area contributed by atoms with Crippen LogP contribution in [0.5, 0.6) is 5.75 Å². The third-order valence-electron chi connectivity index (χ3n) is 3.34. The van der Waals surface area contributed by atoms with E-state index < -0.39 is 11.9 Å². The highest BCUT2D eigenvalue weighted by molar-refractivity contribution is 6.06. The van der Waals surface area contributed by atoms with E-state index in [-0.39, 0.29) is 17.0 Å². The van der Waals surface area contributed by atoms with Crippen LogP contribution in [-0.4, -0.2) is 24.1 Å². The van der Waals surface area contributed by atoms with Crippen molar-refractivity contribution in [2.45, 2.75) is 0 Å². The van der Waals surface area contributed by atoms with Crippen LogP contribution < -0.4 is 10.1 Å². The summed E-state index contributed by atoms with van der Waals surface area (Å²) in [5.41, 5.74) is 0.910. The van der Waals surface area contributed by atoms with E-state index >= 15 is 0 Å². The van der Waals surface area contributed by atoms with Crippen molar-refractivity contribution in [3.8, 4) is 5.75 Å². The van der Waals surface area contributed by atoms with Gasteiger partial charge in [0, 0.05) is 5.39 Å². The molecule has 0 bridgehead atoms. The van der Waals surface area contributed by atoms with Gasteiger partial charge in [-0.15, -0.1) is 0 Å². The fourth-order valence-electron chi connectivity index (χ4n) is 2.22. The fourth-order valence-corrected chi connectivity index (χ4v) is 2.22. The van der Waals surface area contributed by atoms with Gasteiger partial charge in [0.15, 0.2) is 5.76 Å². The highest BCUT2D eigenvalue weighted by atomic mass is 16.5. The van der Waals surface area contributed by atoms with Crippen molar-refractivity contribution in [3.63, 3.8) is 0 Å². The van der Waals surface area contributed by atoms with E-state index in [4.69, 9.17) is 14.3 Å². The maximum atomic E-state index is 12.3. The molecule has 0 atom stereocenters. The molecule has 0 aliphatic rings. The van der Waals surface area contributed by atoms with Gasteiger partial charge in [0.05, 0.1) is 18.4 Å². The summed E-state index contributed by atoms with van der Waals surface area (Å²) in [7, 11) is 1.44. The Bertz CT molecular complexity index is 864. The zero-order chi connectivity index (χ0) is 16.4. The van der Waals surface area contributed by atoms with E-state index in [0.717, 1.165) is 5.39 Å². The van der Waals surface area contributed by atoms with Crippen LogP contribution in [-0.2, 0) is 0 Å². The minimum atomic E-state index is -1.09. The van der Waals surface area contributed by atoms with Crippen LogP contribution in [0.1, 0.15) is 20.9 Å². The van der Waals surface area contributed by atoms with Crippen LogP contribution >= 0.6 is 0 Å². The summed E-state index contributed by atoms with van der Waals surface area (Å²) in [4.78, 5) is 23.4. The number of nitrogens with one attached hydrogen (secondary N) is 1. The van der Waals surface area contributed by atoms with Crippen molar-refractivity contribution in [1.29, 1.82) is 0 Å². The molecule has 0 spiro atoms. The first-order valence-electron chi connectivity index (χ1n) is 6.80. The van der Waals surface area contributed by atoms with Crippen LogP contribution in [0.4, 0.5) is 5.69 Å². The van der Waals surface area contributed by atoms with Gasteiger partial charge in [0.25, 0.3) is 5.91 Å². The number of ether oxygens (including phenoxy) is 1. The number of carboxylic acid groups (broad SMARTS) is 1. The number of hydrogen-bond acceptors (Lipinski definition) is 4. The fraction of sp³-hybridized carbons (Fsp3) is 0.0588. The lowest BCUT2D eigenvalue weighted by molar-refractivity contribution is 0.0696. The number of furan rings is 1. The third-order valence-corrected chi connectivity index (χ3v) is 3.34. The van der Waals surface area contributed by atoms with E-state index in [2.05, 4.69) is 5.32 Å². The number of carboxylic acids is 1. The Kier molecular flexibility index (Phi) is 3.72. The zero-order valence-corrected chi connectivity index (χ0v) is 12.2. The molecule has 2 aromatic carbocycles. The molecule has 6 heteroatoms. The largest absolute Gasteiger partial charge is 0.495 e. The third kappa shape index (κ3) is 2.87. The molecule has 0 unspecified atom stereocenters. The average Bonchev–Trinajstić information content (AvgIpc) is 2.99. The lowest BCUT2D eigenvalue weighted by Gasteiger charge is -2.10. The molecule has 1 heterocycles. The van der Waals surface area contributed by atoms with Gasteiger partial charge in [-0.05, 0) is 30.3 Å². The monoisotopic (exact) mass is 311 g/mol. The zero-order valence-electron chi connectivity index (χ0n) is 12.2. The van der Waals surface area contributed by atoms with Gasteiger partial charge in [-0.1, -0.05) is 18.2 Å². The molecule has 6 nitrogen and oxygen atoms in total. The number of anilines is 1. The van der Waals surface area contributed by atoms with Gasteiger partial charge in [-0.3, -0.25) is 4.79 Å². The summed E-state index contributed by atoms with van der Waals surface area (Å²) in [6, 6.07) is 13.1. The number of benzene rings is 2. The van der Waals surface area contributed by atoms with Crippen molar-refractivity contribution >= 4 is 28.5 Å². The maximum Gasteiger partial charge on any atom is 0.335 e.